The monoisotopic (exact) mass is 394 g/mol. The quantitative estimate of drug-likeness (QED) is 0.794. The average Bonchev–Trinajstić information content (AvgIpc) is 3.49. The third kappa shape index (κ3) is 3.39. The maximum Gasteiger partial charge on any atom is 0.243 e. The van der Waals surface area contributed by atoms with Crippen LogP contribution in [0.1, 0.15) is 24.4 Å². The predicted molar refractivity (Wildman–Crippen MR) is 99.1 cm³/mol. The largest absolute Gasteiger partial charge is 0.297 e. The van der Waals surface area contributed by atoms with Crippen LogP contribution in [0.25, 0.3) is 0 Å². The molecule has 0 spiro atoms. The maximum atomic E-state index is 13.5. The van der Waals surface area contributed by atoms with E-state index in [1.165, 1.54) is 29.3 Å². The van der Waals surface area contributed by atoms with Crippen molar-refractivity contribution in [1.29, 1.82) is 0 Å². The molecule has 0 aromatic heterocycles. The lowest BCUT2D eigenvalue weighted by Crippen LogP contribution is -2.51. The summed E-state index contributed by atoms with van der Waals surface area (Å²) in [6.07, 6.45) is 2.36. The van der Waals surface area contributed by atoms with E-state index >= 15 is 0 Å². The van der Waals surface area contributed by atoms with Gasteiger partial charge in [-0.25, -0.2) is 12.8 Å². The van der Waals surface area contributed by atoms with Gasteiger partial charge in [0.1, 0.15) is 5.82 Å². The fourth-order valence-electron chi connectivity index (χ4n) is 3.57. The first kappa shape index (κ1) is 17.9. The Morgan fingerprint density at radius 3 is 2.42 bits per heavy atom. The van der Waals surface area contributed by atoms with Crippen molar-refractivity contribution in [2.75, 3.05) is 19.6 Å². The Bertz CT molecular complexity index is 903. The molecule has 2 aromatic carbocycles. The third-order valence-corrected chi connectivity index (χ3v) is 7.30. The van der Waals surface area contributed by atoms with Crippen molar-refractivity contribution in [1.82, 2.24) is 9.21 Å². The molecule has 1 saturated heterocycles. The van der Waals surface area contributed by atoms with Gasteiger partial charge in [-0.05, 0) is 36.6 Å². The molecule has 0 amide bonds. The van der Waals surface area contributed by atoms with E-state index < -0.39 is 15.8 Å². The maximum absolute atomic E-state index is 13.5. The van der Waals surface area contributed by atoms with Crippen molar-refractivity contribution in [2.45, 2.75) is 29.8 Å². The second kappa shape index (κ2) is 6.93. The molecule has 2 aromatic rings. The van der Waals surface area contributed by atoms with Crippen LogP contribution < -0.4 is 0 Å². The fraction of sp³-hybridized carbons (Fsp3) is 0.368. The molecule has 1 heterocycles. The second-order valence-corrected chi connectivity index (χ2v) is 9.14. The van der Waals surface area contributed by atoms with Crippen molar-refractivity contribution in [2.24, 2.45) is 0 Å². The van der Waals surface area contributed by atoms with Gasteiger partial charge in [-0.15, -0.1) is 0 Å². The molecule has 7 heteroatoms. The molecule has 0 N–H and O–H groups in total. The number of hydrogen-bond donors (Lipinski definition) is 0. The molecule has 26 heavy (non-hydrogen) atoms. The minimum Gasteiger partial charge on any atom is -0.297 e. The number of piperazine rings is 1. The van der Waals surface area contributed by atoms with Crippen LogP contribution in [0.4, 0.5) is 4.39 Å². The normalized spacial score (nSPS) is 22.5. The van der Waals surface area contributed by atoms with Gasteiger partial charge in [-0.1, -0.05) is 41.9 Å². The Labute approximate surface area is 158 Å². The molecule has 0 radical (unpaired) electrons. The first-order valence-corrected chi connectivity index (χ1v) is 10.5. The van der Waals surface area contributed by atoms with Crippen LogP contribution >= 0.6 is 11.6 Å². The van der Waals surface area contributed by atoms with Crippen molar-refractivity contribution < 1.29 is 12.8 Å². The molecule has 0 bridgehead atoms. The van der Waals surface area contributed by atoms with Crippen molar-refractivity contribution in [3.63, 3.8) is 0 Å². The molecule has 4 rings (SSSR count). The number of benzene rings is 2. The van der Waals surface area contributed by atoms with Crippen LogP contribution in [-0.2, 0) is 10.0 Å². The van der Waals surface area contributed by atoms with E-state index in [-0.39, 0.29) is 16.0 Å². The summed E-state index contributed by atoms with van der Waals surface area (Å²) < 4.78 is 41.5. The smallest absolute Gasteiger partial charge is 0.243 e. The first-order valence-electron chi connectivity index (χ1n) is 8.73. The summed E-state index contributed by atoms with van der Waals surface area (Å²) in [5.41, 5.74) is 0.967. The summed E-state index contributed by atoms with van der Waals surface area (Å²) in [4.78, 5) is 2.41. The number of halogens is 2. The van der Waals surface area contributed by atoms with Crippen LogP contribution in [0.5, 0.6) is 0 Å². The zero-order valence-electron chi connectivity index (χ0n) is 14.2. The first-order chi connectivity index (χ1) is 12.5. The van der Waals surface area contributed by atoms with E-state index in [1.54, 1.807) is 0 Å². The SMILES string of the molecule is O=S(=O)(c1ccc(F)c(Cl)c1)N1CCN(C2CC2)CC1c1ccccc1. The zero-order valence-corrected chi connectivity index (χ0v) is 15.8. The molecular formula is C19H20ClFN2O2S. The van der Waals surface area contributed by atoms with Crippen LogP contribution in [-0.4, -0.2) is 43.3 Å². The van der Waals surface area contributed by atoms with Gasteiger partial charge >= 0.3 is 0 Å². The topological polar surface area (TPSA) is 40.6 Å². The Balaban J connectivity index is 1.70. The minimum absolute atomic E-state index is 0.0321. The molecule has 1 aliphatic heterocycles. The van der Waals surface area contributed by atoms with Crippen LogP contribution in [0.3, 0.4) is 0 Å². The van der Waals surface area contributed by atoms with Crippen LogP contribution in [0.15, 0.2) is 53.4 Å². The van der Waals surface area contributed by atoms with E-state index in [0.29, 0.717) is 25.7 Å². The molecule has 1 atom stereocenters. The van der Waals surface area contributed by atoms with Crippen molar-refractivity contribution in [3.05, 3.63) is 64.9 Å². The number of hydrogen-bond acceptors (Lipinski definition) is 3. The third-order valence-electron chi connectivity index (χ3n) is 5.11. The number of rotatable bonds is 4. The van der Waals surface area contributed by atoms with E-state index in [2.05, 4.69) is 4.90 Å². The van der Waals surface area contributed by atoms with Gasteiger partial charge in [-0.2, -0.15) is 4.31 Å². The number of sulfonamides is 1. The molecule has 4 nitrogen and oxygen atoms in total. The Morgan fingerprint density at radius 1 is 1.04 bits per heavy atom. The average molecular weight is 395 g/mol. The summed E-state index contributed by atoms with van der Waals surface area (Å²) in [5, 5.41) is -0.182. The van der Waals surface area contributed by atoms with E-state index in [9.17, 15) is 12.8 Å². The van der Waals surface area contributed by atoms with Crippen LogP contribution in [0.2, 0.25) is 5.02 Å². The molecule has 2 aliphatic rings. The zero-order chi connectivity index (χ0) is 18.3. The Kier molecular flexibility index (Phi) is 4.77. The van der Waals surface area contributed by atoms with Gasteiger partial charge < -0.3 is 0 Å². The van der Waals surface area contributed by atoms with E-state index in [0.717, 1.165) is 11.6 Å². The Morgan fingerprint density at radius 2 is 1.77 bits per heavy atom. The molecule has 1 aliphatic carbocycles. The highest BCUT2D eigenvalue weighted by Gasteiger charge is 2.41. The highest BCUT2D eigenvalue weighted by Crippen LogP contribution is 2.36. The summed E-state index contributed by atoms with van der Waals surface area (Å²) in [5.74, 6) is -0.622. The molecular weight excluding hydrogens is 375 g/mol. The van der Waals surface area contributed by atoms with Gasteiger partial charge in [0.25, 0.3) is 0 Å². The summed E-state index contributed by atoms with van der Waals surface area (Å²) in [6.45, 7) is 1.79. The summed E-state index contributed by atoms with van der Waals surface area (Å²) in [6, 6.07) is 13.6. The lowest BCUT2D eigenvalue weighted by Gasteiger charge is -2.41. The lowest BCUT2D eigenvalue weighted by molar-refractivity contribution is 0.128. The van der Waals surface area contributed by atoms with E-state index in [1.807, 2.05) is 30.3 Å². The van der Waals surface area contributed by atoms with E-state index in [4.69, 9.17) is 11.6 Å². The summed E-state index contributed by atoms with van der Waals surface area (Å²) in [7, 11) is -3.77. The highest BCUT2D eigenvalue weighted by molar-refractivity contribution is 7.89. The molecule has 2 fully saturated rings. The van der Waals surface area contributed by atoms with Gasteiger partial charge in [-0.3, -0.25) is 4.90 Å². The molecule has 1 saturated carbocycles. The predicted octanol–water partition coefficient (Wildman–Crippen LogP) is 3.69. The van der Waals surface area contributed by atoms with Gasteiger partial charge in [0.15, 0.2) is 0 Å². The highest BCUT2D eigenvalue weighted by atomic mass is 35.5. The van der Waals surface area contributed by atoms with Gasteiger partial charge in [0.2, 0.25) is 10.0 Å². The molecule has 1 unspecified atom stereocenters. The minimum atomic E-state index is -3.77. The van der Waals surface area contributed by atoms with Crippen molar-refractivity contribution >= 4 is 21.6 Å². The fourth-order valence-corrected chi connectivity index (χ4v) is 5.43. The van der Waals surface area contributed by atoms with Crippen LogP contribution in [0, 0.1) is 5.82 Å². The Hall–Kier alpha value is -1.47. The summed E-state index contributed by atoms with van der Waals surface area (Å²) >= 11 is 5.82. The van der Waals surface area contributed by atoms with Gasteiger partial charge in [0, 0.05) is 25.7 Å². The van der Waals surface area contributed by atoms with Crippen molar-refractivity contribution in [3.8, 4) is 0 Å². The second-order valence-electron chi connectivity index (χ2n) is 6.84. The standard InChI is InChI=1S/C19H20ClFN2O2S/c20-17-12-16(8-9-18(17)21)26(24,25)23-11-10-22(15-6-7-15)13-19(23)14-4-2-1-3-5-14/h1-5,8-9,12,15,19H,6-7,10-11,13H2. The number of nitrogens with zero attached hydrogens (tertiary/aromatic N) is 2. The lowest BCUT2D eigenvalue weighted by atomic mass is 10.0. The molecule has 138 valence electrons. The van der Waals surface area contributed by atoms with Gasteiger partial charge in [0.05, 0.1) is 16.0 Å².